The molecule has 1 unspecified atom stereocenters. The number of nitrogens with zero attached hydrogens (tertiary/aromatic N) is 2. The molecular formula is C33H31ClN2O7S. The van der Waals surface area contributed by atoms with Gasteiger partial charge in [0.25, 0.3) is 5.56 Å². The van der Waals surface area contributed by atoms with Crippen molar-refractivity contribution in [2.75, 3.05) is 27.9 Å². The summed E-state index contributed by atoms with van der Waals surface area (Å²) in [6.07, 6.45) is 1.76. The molecule has 11 heteroatoms. The smallest absolute Gasteiger partial charge is 0.338 e. The summed E-state index contributed by atoms with van der Waals surface area (Å²) in [5, 5.41) is 0.617. The molecular weight excluding hydrogens is 604 g/mol. The molecule has 5 rings (SSSR count). The largest absolute Gasteiger partial charge is 0.493 e. The molecule has 3 aromatic carbocycles. The van der Waals surface area contributed by atoms with Crippen molar-refractivity contribution in [3.05, 3.63) is 113 Å². The van der Waals surface area contributed by atoms with Crippen molar-refractivity contribution in [1.29, 1.82) is 0 Å². The lowest BCUT2D eigenvalue weighted by atomic mass is 9.95. The Morgan fingerprint density at radius 1 is 0.977 bits per heavy atom. The van der Waals surface area contributed by atoms with E-state index in [1.165, 1.54) is 23.0 Å². The number of hydrogen-bond donors (Lipinski definition) is 0. The van der Waals surface area contributed by atoms with Crippen molar-refractivity contribution in [1.82, 2.24) is 4.57 Å². The van der Waals surface area contributed by atoms with Crippen LogP contribution in [0.3, 0.4) is 0 Å². The van der Waals surface area contributed by atoms with Gasteiger partial charge in [0.05, 0.1) is 49.8 Å². The van der Waals surface area contributed by atoms with Gasteiger partial charge in [-0.15, -0.1) is 0 Å². The molecule has 0 fully saturated rings. The predicted molar refractivity (Wildman–Crippen MR) is 169 cm³/mol. The molecule has 0 aliphatic carbocycles. The van der Waals surface area contributed by atoms with Gasteiger partial charge in [0.2, 0.25) is 0 Å². The first-order chi connectivity index (χ1) is 21.3. The Hall–Kier alpha value is -4.54. The maximum atomic E-state index is 14.0. The first-order valence-corrected chi connectivity index (χ1v) is 14.9. The maximum Gasteiger partial charge on any atom is 0.338 e. The molecule has 0 saturated heterocycles. The van der Waals surface area contributed by atoms with Crippen molar-refractivity contribution in [2.45, 2.75) is 26.5 Å². The van der Waals surface area contributed by atoms with E-state index in [0.717, 1.165) is 11.1 Å². The Morgan fingerprint density at radius 3 is 2.39 bits per heavy atom. The van der Waals surface area contributed by atoms with Gasteiger partial charge in [0.15, 0.2) is 27.8 Å². The van der Waals surface area contributed by atoms with Crippen molar-refractivity contribution in [2.24, 2.45) is 4.99 Å². The summed E-state index contributed by atoms with van der Waals surface area (Å²) in [5.41, 5.74) is 2.66. The monoisotopic (exact) mass is 634 g/mol. The maximum absolute atomic E-state index is 14.0. The minimum Gasteiger partial charge on any atom is -0.493 e. The van der Waals surface area contributed by atoms with Crippen LogP contribution in [0.2, 0.25) is 5.02 Å². The van der Waals surface area contributed by atoms with E-state index in [1.807, 2.05) is 30.3 Å². The number of rotatable bonds is 10. The van der Waals surface area contributed by atoms with E-state index in [4.69, 9.17) is 35.3 Å². The van der Waals surface area contributed by atoms with Crippen LogP contribution in [0.5, 0.6) is 23.0 Å². The number of methoxy groups -OCH3 is 3. The highest BCUT2D eigenvalue weighted by atomic mass is 35.5. The summed E-state index contributed by atoms with van der Waals surface area (Å²) < 4.78 is 29.8. The number of hydrogen-bond acceptors (Lipinski definition) is 9. The molecule has 9 nitrogen and oxygen atoms in total. The molecule has 0 bridgehead atoms. The molecule has 228 valence electrons. The fourth-order valence-corrected chi connectivity index (χ4v) is 6.18. The number of fused-ring (bicyclic) bond motifs is 1. The van der Waals surface area contributed by atoms with Gasteiger partial charge in [-0.25, -0.2) is 9.79 Å². The Balaban J connectivity index is 1.57. The van der Waals surface area contributed by atoms with Crippen LogP contribution >= 0.6 is 22.9 Å². The SMILES string of the molecule is CCOC(=O)C1=C(C)N=c2s/c(=C/c3ccc(OCc4ccccc4Cl)c(OC)c3)c(=O)n2C1c1ccc(OC)c(OC)c1. The molecule has 1 aromatic heterocycles. The highest BCUT2D eigenvalue weighted by molar-refractivity contribution is 7.07. The Bertz CT molecular complexity index is 1930. The minimum absolute atomic E-state index is 0.179. The number of carbonyl (C=O) groups is 1. The second-order valence-electron chi connectivity index (χ2n) is 9.71. The van der Waals surface area contributed by atoms with E-state index >= 15 is 0 Å². The number of thiazole rings is 1. The van der Waals surface area contributed by atoms with Crippen LogP contribution in [-0.2, 0) is 16.1 Å². The number of esters is 1. The van der Waals surface area contributed by atoms with E-state index < -0.39 is 12.0 Å². The van der Waals surface area contributed by atoms with Gasteiger partial charge >= 0.3 is 5.97 Å². The van der Waals surface area contributed by atoms with Crippen molar-refractivity contribution < 1.29 is 28.5 Å². The zero-order valence-corrected chi connectivity index (χ0v) is 26.5. The Kier molecular flexibility index (Phi) is 9.41. The van der Waals surface area contributed by atoms with Crippen LogP contribution in [0.4, 0.5) is 0 Å². The highest BCUT2D eigenvalue weighted by Crippen LogP contribution is 2.36. The average molecular weight is 635 g/mol. The lowest BCUT2D eigenvalue weighted by Crippen LogP contribution is -2.39. The molecule has 2 heterocycles. The molecule has 1 aliphatic heterocycles. The Morgan fingerprint density at radius 2 is 1.68 bits per heavy atom. The van der Waals surface area contributed by atoms with Gasteiger partial charge in [0.1, 0.15) is 6.61 Å². The second kappa shape index (κ2) is 13.4. The minimum atomic E-state index is -0.789. The van der Waals surface area contributed by atoms with Crippen LogP contribution in [0, 0.1) is 0 Å². The van der Waals surface area contributed by atoms with Gasteiger partial charge in [-0.1, -0.05) is 53.3 Å². The molecule has 0 saturated carbocycles. The summed E-state index contributed by atoms with van der Waals surface area (Å²) in [4.78, 5) is 32.3. The number of aromatic nitrogens is 1. The van der Waals surface area contributed by atoms with Crippen molar-refractivity contribution in [3.8, 4) is 23.0 Å². The third-order valence-electron chi connectivity index (χ3n) is 7.07. The molecule has 0 amide bonds. The number of halogens is 1. The molecule has 0 spiro atoms. The standard InChI is InChI=1S/C33H31ClN2O7S/c1-6-42-32(38)29-19(2)35-33-36(30(29)21-12-14-24(39-3)27(17-21)41-5)31(37)28(44-33)16-20-11-13-25(26(15-20)40-4)43-18-22-9-7-8-10-23(22)34/h7-17,30H,6,18H2,1-5H3/b28-16+. The van der Waals surface area contributed by atoms with Gasteiger partial charge in [-0.2, -0.15) is 0 Å². The normalized spacial score (nSPS) is 14.5. The van der Waals surface area contributed by atoms with Crippen LogP contribution in [0.15, 0.2) is 81.7 Å². The Labute approximate surface area is 263 Å². The van der Waals surface area contributed by atoms with Crippen LogP contribution in [-0.4, -0.2) is 38.5 Å². The van der Waals surface area contributed by atoms with Gasteiger partial charge in [0, 0.05) is 10.6 Å². The molecule has 0 radical (unpaired) electrons. The third-order valence-corrected chi connectivity index (χ3v) is 8.42. The van der Waals surface area contributed by atoms with Crippen molar-refractivity contribution >= 4 is 35.0 Å². The zero-order valence-electron chi connectivity index (χ0n) is 24.9. The van der Waals surface area contributed by atoms with Crippen LogP contribution < -0.4 is 33.8 Å². The van der Waals surface area contributed by atoms with Crippen LogP contribution in [0.1, 0.15) is 36.6 Å². The number of carbonyl (C=O) groups excluding carboxylic acids is 1. The van der Waals surface area contributed by atoms with E-state index in [-0.39, 0.29) is 24.3 Å². The second-order valence-corrected chi connectivity index (χ2v) is 11.1. The average Bonchev–Trinajstić information content (AvgIpc) is 3.33. The van der Waals surface area contributed by atoms with Crippen molar-refractivity contribution in [3.63, 3.8) is 0 Å². The molecule has 1 atom stereocenters. The topological polar surface area (TPSA) is 97.6 Å². The van der Waals surface area contributed by atoms with E-state index in [9.17, 15) is 9.59 Å². The van der Waals surface area contributed by atoms with E-state index in [1.54, 1.807) is 64.5 Å². The van der Waals surface area contributed by atoms with E-state index in [2.05, 4.69) is 4.99 Å². The summed E-state index contributed by atoms with van der Waals surface area (Å²) in [6.45, 7) is 3.92. The molecule has 0 N–H and O–H groups in total. The molecule has 1 aliphatic rings. The number of allylic oxidation sites excluding steroid dienone is 1. The fourth-order valence-electron chi connectivity index (χ4n) is 4.95. The summed E-state index contributed by atoms with van der Waals surface area (Å²) in [7, 11) is 4.63. The number of ether oxygens (including phenoxy) is 5. The number of benzene rings is 3. The summed E-state index contributed by atoms with van der Waals surface area (Å²) >= 11 is 7.50. The molecule has 44 heavy (non-hydrogen) atoms. The lowest BCUT2D eigenvalue weighted by molar-refractivity contribution is -0.139. The first kappa shape index (κ1) is 30.9. The summed E-state index contributed by atoms with van der Waals surface area (Å²) in [6, 6.07) is 17.4. The molecule has 4 aromatic rings. The quantitative estimate of drug-likeness (QED) is 0.225. The van der Waals surface area contributed by atoms with Gasteiger partial charge < -0.3 is 23.7 Å². The van der Waals surface area contributed by atoms with Gasteiger partial charge in [-0.3, -0.25) is 9.36 Å². The van der Waals surface area contributed by atoms with Crippen LogP contribution in [0.25, 0.3) is 6.08 Å². The third kappa shape index (κ3) is 6.09. The lowest BCUT2D eigenvalue weighted by Gasteiger charge is -2.25. The predicted octanol–water partition coefficient (Wildman–Crippen LogP) is 5.06. The van der Waals surface area contributed by atoms with Gasteiger partial charge in [-0.05, 0) is 61.4 Å². The fraction of sp³-hybridized carbons (Fsp3) is 0.242. The highest BCUT2D eigenvalue weighted by Gasteiger charge is 2.34. The van der Waals surface area contributed by atoms with E-state index in [0.29, 0.717) is 48.6 Å². The zero-order chi connectivity index (χ0) is 31.4. The first-order valence-electron chi connectivity index (χ1n) is 13.7. The summed E-state index contributed by atoms with van der Waals surface area (Å²) in [5.74, 6) is 1.49.